The first kappa shape index (κ1) is 14.9. The first-order valence-corrected chi connectivity index (χ1v) is 7.55. The lowest BCUT2D eigenvalue weighted by atomic mass is 10.0. The summed E-state index contributed by atoms with van der Waals surface area (Å²) < 4.78 is 27.0. The number of nitrogens with zero attached hydrogens (tertiary/aromatic N) is 1. The van der Waals surface area contributed by atoms with Gasteiger partial charge >= 0.3 is 0 Å². The summed E-state index contributed by atoms with van der Waals surface area (Å²) in [5.41, 5.74) is 0. The summed E-state index contributed by atoms with van der Waals surface area (Å²) in [6.07, 6.45) is 2.13. The molecule has 0 aliphatic carbocycles. The fourth-order valence-corrected chi connectivity index (χ4v) is 3.06. The molecule has 1 atom stereocenters. The number of nitrogens with one attached hydrogen (secondary N) is 2. The molecule has 0 aromatic carbocycles. The van der Waals surface area contributed by atoms with Gasteiger partial charge in [0.1, 0.15) is 10.7 Å². The summed E-state index contributed by atoms with van der Waals surface area (Å²) in [6.45, 7) is 5.97. The second-order valence-corrected chi connectivity index (χ2v) is 6.22. The maximum absolute atomic E-state index is 12.1. The van der Waals surface area contributed by atoms with Crippen LogP contribution < -0.4 is 10.0 Å². The van der Waals surface area contributed by atoms with Crippen LogP contribution in [0, 0.1) is 5.92 Å². The molecule has 1 rings (SSSR count). The van der Waals surface area contributed by atoms with Crippen LogP contribution in [0.5, 0.6) is 0 Å². The lowest BCUT2D eigenvalue weighted by molar-refractivity contribution is 0.437. The molecular formula is C12H21N3O2S. The van der Waals surface area contributed by atoms with Crippen LogP contribution in [0.25, 0.3) is 0 Å². The molecule has 0 aliphatic heterocycles. The van der Waals surface area contributed by atoms with Crippen molar-refractivity contribution in [1.82, 2.24) is 9.71 Å². The number of sulfonamides is 1. The molecule has 1 aromatic heterocycles. The average molecular weight is 271 g/mol. The molecule has 0 saturated heterocycles. The first-order valence-electron chi connectivity index (χ1n) is 6.06. The van der Waals surface area contributed by atoms with Crippen molar-refractivity contribution in [2.75, 3.05) is 12.4 Å². The fourth-order valence-electron chi connectivity index (χ4n) is 1.65. The van der Waals surface area contributed by atoms with Gasteiger partial charge in [0.15, 0.2) is 0 Å². The minimum Gasteiger partial charge on any atom is -0.373 e. The number of hydrogen-bond acceptors (Lipinski definition) is 4. The Morgan fingerprint density at radius 1 is 1.33 bits per heavy atom. The Morgan fingerprint density at radius 3 is 2.39 bits per heavy atom. The normalized spacial score (nSPS) is 13.6. The van der Waals surface area contributed by atoms with Gasteiger partial charge < -0.3 is 5.32 Å². The van der Waals surface area contributed by atoms with Crippen LogP contribution in [0.4, 0.5) is 5.82 Å². The largest absolute Gasteiger partial charge is 0.373 e. The van der Waals surface area contributed by atoms with E-state index in [0.717, 1.165) is 6.42 Å². The van der Waals surface area contributed by atoms with Crippen molar-refractivity contribution in [3.05, 3.63) is 18.3 Å². The Bertz CT molecular complexity index is 469. The smallest absolute Gasteiger partial charge is 0.242 e. The van der Waals surface area contributed by atoms with E-state index in [-0.39, 0.29) is 16.9 Å². The lowest BCUT2D eigenvalue weighted by Gasteiger charge is -2.20. The van der Waals surface area contributed by atoms with Crippen molar-refractivity contribution in [2.45, 2.75) is 38.1 Å². The molecule has 18 heavy (non-hydrogen) atoms. The monoisotopic (exact) mass is 271 g/mol. The van der Waals surface area contributed by atoms with E-state index in [1.54, 1.807) is 19.2 Å². The van der Waals surface area contributed by atoms with Crippen LogP contribution in [-0.2, 0) is 10.0 Å². The van der Waals surface area contributed by atoms with Gasteiger partial charge in [-0.1, -0.05) is 20.8 Å². The maximum atomic E-state index is 12.1. The highest BCUT2D eigenvalue weighted by Gasteiger charge is 2.21. The molecule has 1 aromatic rings. The third kappa shape index (κ3) is 3.68. The average Bonchev–Trinajstić information content (AvgIpc) is 2.35. The fraction of sp³-hybridized carbons (Fsp3) is 0.583. The molecule has 0 aliphatic rings. The van der Waals surface area contributed by atoms with Gasteiger partial charge in [0, 0.05) is 19.3 Å². The van der Waals surface area contributed by atoms with Crippen molar-refractivity contribution < 1.29 is 8.42 Å². The Hall–Kier alpha value is -1.14. The van der Waals surface area contributed by atoms with Crippen LogP contribution in [0.2, 0.25) is 0 Å². The predicted octanol–water partition coefficient (Wildman–Crippen LogP) is 1.84. The third-order valence-electron chi connectivity index (χ3n) is 2.85. The zero-order valence-corrected chi connectivity index (χ0v) is 12.1. The van der Waals surface area contributed by atoms with Gasteiger partial charge in [-0.2, -0.15) is 0 Å². The number of aromatic nitrogens is 1. The Balaban J connectivity index is 2.91. The quantitative estimate of drug-likeness (QED) is 0.828. The zero-order valence-electron chi connectivity index (χ0n) is 11.3. The number of rotatable bonds is 6. The maximum Gasteiger partial charge on any atom is 0.242 e. The molecule has 2 N–H and O–H groups in total. The van der Waals surface area contributed by atoms with Crippen molar-refractivity contribution in [3.8, 4) is 0 Å². The van der Waals surface area contributed by atoms with Gasteiger partial charge in [-0.3, -0.25) is 0 Å². The van der Waals surface area contributed by atoms with Crippen molar-refractivity contribution in [3.63, 3.8) is 0 Å². The molecule has 0 amide bonds. The Kier molecular flexibility index (Phi) is 5.10. The first-order chi connectivity index (χ1) is 8.40. The zero-order chi connectivity index (χ0) is 13.8. The van der Waals surface area contributed by atoms with Gasteiger partial charge in [-0.15, -0.1) is 0 Å². The summed E-state index contributed by atoms with van der Waals surface area (Å²) in [4.78, 5) is 4.21. The molecule has 1 heterocycles. The number of hydrogen-bond donors (Lipinski definition) is 2. The van der Waals surface area contributed by atoms with E-state index >= 15 is 0 Å². The highest BCUT2D eigenvalue weighted by Crippen LogP contribution is 2.14. The van der Waals surface area contributed by atoms with E-state index < -0.39 is 10.0 Å². The van der Waals surface area contributed by atoms with Gasteiger partial charge in [0.05, 0.1) is 0 Å². The topological polar surface area (TPSA) is 71.1 Å². The molecule has 0 spiro atoms. The van der Waals surface area contributed by atoms with Crippen molar-refractivity contribution >= 4 is 15.8 Å². The highest BCUT2D eigenvalue weighted by atomic mass is 32.2. The molecule has 0 radical (unpaired) electrons. The summed E-state index contributed by atoms with van der Waals surface area (Å²) >= 11 is 0. The Labute approximate surface area is 109 Å². The molecule has 0 fully saturated rings. The molecule has 102 valence electrons. The summed E-state index contributed by atoms with van der Waals surface area (Å²) in [5.74, 6) is 0.902. The van der Waals surface area contributed by atoms with E-state index in [9.17, 15) is 8.42 Å². The van der Waals surface area contributed by atoms with E-state index in [2.05, 4.69) is 15.0 Å². The lowest BCUT2D eigenvalue weighted by Crippen LogP contribution is -2.38. The summed E-state index contributed by atoms with van der Waals surface area (Å²) in [5, 5.41) is 2.85. The van der Waals surface area contributed by atoms with Gasteiger partial charge in [0.2, 0.25) is 10.0 Å². The Morgan fingerprint density at radius 2 is 2.00 bits per heavy atom. The van der Waals surface area contributed by atoms with E-state index in [1.165, 1.54) is 6.20 Å². The second kappa shape index (κ2) is 6.15. The molecular weight excluding hydrogens is 250 g/mol. The van der Waals surface area contributed by atoms with Gasteiger partial charge in [-0.05, 0) is 24.5 Å². The summed E-state index contributed by atoms with van der Waals surface area (Å²) in [6, 6.07) is 3.14. The number of anilines is 1. The van der Waals surface area contributed by atoms with Crippen LogP contribution in [0.1, 0.15) is 27.2 Å². The molecule has 6 heteroatoms. The molecule has 5 nitrogen and oxygen atoms in total. The second-order valence-electron chi connectivity index (χ2n) is 4.51. The SMILES string of the molecule is CCC(NS(=O)(=O)c1ccc(NC)nc1)C(C)C. The molecule has 0 bridgehead atoms. The molecule has 1 unspecified atom stereocenters. The summed E-state index contributed by atoms with van der Waals surface area (Å²) in [7, 11) is -1.75. The van der Waals surface area contributed by atoms with Gasteiger partial charge in [-0.25, -0.2) is 18.1 Å². The minimum absolute atomic E-state index is 0.0565. The van der Waals surface area contributed by atoms with E-state index in [4.69, 9.17) is 0 Å². The van der Waals surface area contributed by atoms with Crippen LogP contribution in [0.15, 0.2) is 23.2 Å². The van der Waals surface area contributed by atoms with E-state index in [0.29, 0.717) is 5.82 Å². The van der Waals surface area contributed by atoms with Crippen LogP contribution in [0.3, 0.4) is 0 Å². The van der Waals surface area contributed by atoms with Crippen LogP contribution >= 0.6 is 0 Å². The van der Waals surface area contributed by atoms with Crippen molar-refractivity contribution in [2.24, 2.45) is 5.92 Å². The van der Waals surface area contributed by atoms with Crippen LogP contribution in [-0.4, -0.2) is 26.5 Å². The number of pyridine rings is 1. The molecule has 0 saturated carbocycles. The van der Waals surface area contributed by atoms with Crippen molar-refractivity contribution in [1.29, 1.82) is 0 Å². The highest BCUT2D eigenvalue weighted by molar-refractivity contribution is 7.89. The van der Waals surface area contributed by atoms with E-state index in [1.807, 2.05) is 20.8 Å². The minimum atomic E-state index is -3.48. The van der Waals surface area contributed by atoms with Gasteiger partial charge in [0.25, 0.3) is 0 Å². The predicted molar refractivity (Wildman–Crippen MR) is 73.0 cm³/mol. The third-order valence-corrected chi connectivity index (χ3v) is 4.33. The standard InChI is InChI=1S/C12H21N3O2S/c1-5-11(9(2)3)15-18(16,17)10-6-7-12(13-4)14-8-10/h6-9,11,15H,5H2,1-4H3,(H,13,14).